The number of hydrogen-bond acceptors (Lipinski definition) is 6. The predicted molar refractivity (Wildman–Crippen MR) is 90.4 cm³/mol. The number of anilines is 1. The van der Waals surface area contributed by atoms with Crippen molar-refractivity contribution < 1.29 is 0 Å². The molecule has 1 aliphatic heterocycles. The first-order valence-electron chi connectivity index (χ1n) is 6.65. The minimum atomic E-state index is -0.583. The monoisotopic (exact) mass is 345 g/mol. The first-order valence-corrected chi connectivity index (χ1v) is 8.26. The minimum absolute atomic E-state index is 0.199. The van der Waals surface area contributed by atoms with Gasteiger partial charge in [-0.15, -0.1) is 0 Å². The summed E-state index contributed by atoms with van der Waals surface area (Å²) >= 11 is 7.24. The van der Waals surface area contributed by atoms with Crippen LogP contribution >= 0.6 is 23.4 Å². The van der Waals surface area contributed by atoms with E-state index in [1.807, 2.05) is 6.26 Å². The Balaban J connectivity index is 2.27. The molecule has 116 valence electrons. The highest BCUT2D eigenvalue weighted by atomic mass is 35.5. The van der Waals surface area contributed by atoms with Crippen LogP contribution in [0.1, 0.15) is 17.0 Å². The van der Waals surface area contributed by atoms with Gasteiger partial charge in [-0.3, -0.25) is 4.79 Å². The third kappa shape index (κ3) is 2.67. The summed E-state index contributed by atoms with van der Waals surface area (Å²) in [6.45, 7) is 0. The normalized spacial score (nSPS) is 16.5. The molecule has 0 aliphatic carbocycles. The van der Waals surface area contributed by atoms with Crippen molar-refractivity contribution in [1.82, 2.24) is 9.97 Å². The van der Waals surface area contributed by atoms with Crippen molar-refractivity contribution in [3.05, 3.63) is 62.2 Å². The van der Waals surface area contributed by atoms with Crippen LogP contribution in [0, 0.1) is 11.3 Å². The number of H-pyrrole nitrogens is 1. The standard InChI is InChI=1S/C15H12ClN5OS/c1-23-15-20-13-11(14(22)21-15)10(9(6-17)12(18)19-13)7-2-4-8(16)5-3-7/h2-5,10H,18H2,1H3,(H2,19,20,21,22)/t10-/m1/s1. The summed E-state index contributed by atoms with van der Waals surface area (Å²) < 4.78 is 0. The van der Waals surface area contributed by atoms with Gasteiger partial charge in [0.2, 0.25) is 0 Å². The smallest absolute Gasteiger partial charge is 0.257 e. The number of aromatic amines is 1. The van der Waals surface area contributed by atoms with Crippen LogP contribution < -0.4 is 16.6 Å². The van der Waals surface area contributed by atoms with E-state index in [1.54, 1.807) is 24.3 Å². The molecular formula is C15H12ClN5OS. The lowest BCUT2D eigenvalue weighted by Gasteiger charge is -2.26. The summed E-state index contributed by atoms with van der Waals surface area (Å²) in [6, 6.07) is 9.05. The molecule has 0 saturated heterocycles. The number of nitrogens with zero attached hydrogens (tertiary/aromatic N) is 2. The third-order valence-corrected chi connectivity index (χ3v) is 4.40. The molecule has 0 saturated carbocycles. The zero-order valence-electron chi connectivity index (χ0n) is 12.1. The van der Waals surface area contributed by atoms with Gasteiger partial charge < -0.3 is 16.0 Å². The molecule has 4 N–H and O–H groups in total. The molecule has 0 fully saturated rings. The molecule has 1 aliphatic rings. The first kappa shape index (κ1) is 15.5. The quantitative estimate of drug-likeness (QED) is 0.569. The molecule has 0 spiro atoms. The number of halogens is 1. The van der Waals surface area contributed by atoms with Crippen LogP contribution in [0.5, 0.6) is 0 Å². The SMILES string of the molecule is CSc1nc2c(c(=O)[nH]1)[C@H](c1ccc(Cl)cc1)C(C#N)=C(N)N2. The molecule has 3 rings (SSSR count). The van der Waals surface area contributed by atoms with Crippen molar-refractivity contribution >= 4 is 29.2 Å². The second-order valence-electron chi connectivity index (χ2n) is 4.89. The van der Waals surface area contributed by atoms with Crippen LogP contribution in [-0.4, -0.2) is 16.2 Å². The number of thioether (sulfide) groups is 1. The molecule has 6 nitrogen and oxygen atoms in total. The number of aromatic nitrogens is 2. The maximum absolute atomic E-state index is 12.5. The number of fused-ring (bicyclic) bond motifs is 1. The Kier molecular flexibility index (Phi) is 4.03. The molecular weight excluding hydrogens is 334 g/mol. The van der Waals surface area contributed by atoms with Gasteiger partial charge in [0, 0.05) is 5.02 Å². The predicted octanol–water partition coefficient (Wildman–Crippen LogP) is 2.40. The Labute approximate surface area is 141 Å². The van der Waals surface area contributed by atoms with Gasteiger partial charge in [0.05, 0.1) is 23.1 Å². The van der Waals surface area contributed by atoms with Crippen molar-refractivity contribution in [1.29, 1.82) is 5.26 Å². The zero-order chi connectivity index (χ0) is 16.6. The molecule has 1 aromatic heterocycles. The summed E-state index contributed by atoms with van der Waals surface area (Å²) in [6.07, 6.45) is 1.81. The fourth-order valence-corrected chi connectivity index (χ4v) is 3.03. The Hall–Kier alpha value is -2.43. The van der Waals surface area contributed by atoms with E-state index in [4.69, 9.17) is 17.3 Å². The van der Waals surface area contributed by atoms with Crippen molar-refractivity contribution in [3.8, 4) is 6.07 Å². The van der Waals surface area contributed by atoms with E-state index >= 15 is 0 Å². The van der Waals surface area contributed by atoms with Crippen LogP contribution in [0.15, 0.2) is 45.6 Å². The second-order valence-corrected chi connectivity index (χ2v) is 6.12. The lowest BCUT2D eigenvalue weighted by atomic mass is 9.84. The number of rotatable bonds is 2. The molecule has 23 heavy (non-hydrogen) atoms. The second kappa shape index (κ2) is 5.99. The lowest BCUT2D eigenvalue weighted by Crippen LogP contribution is -2.30. The maximum Gasteiger partial charge on any atom is 0.257 e. The molecule has 0 bridgehead atoms. The van der Waals surface area contributed by atoms with Gasteiger partial charge in [0.15, 0.2) is 5.16 Å². The highest BCUT2D eigenvalue weighted by molar-refractivity contribution is 7.98. The van der Waals surface area contributed by atoms with Gasteiger partial charge in [-0.1, -0.05) is 35.5 Å². The molecule has 1 aromatic carbocycles. The number of hydrogen-bond donors (Lipinski definition) is 3. The molecule has 1 atom stereocenters. The minimum Gasteiger partial charge on any atom is -0.384 e. The van der Waals surface area contributed by atoms with Crippen molar-refractivity contribution in [2.45, 2.75) is 11.1 Å². The van der Waals surface area contributed by atoms with Crippen molar-refractivity contribution in [2.75, 3.05) is 11.6 Å². The van der Waals surface area contributed by atoms with E-state index in [1.165, 1.54) is 11.8 Å². The lowest BCUT2D eigenvalue weighted by molar-refractivity contribution is 0.835. The number of nitriles is 1. The summed E-state index contributed by atoms with van der Waals surface area (Å²) in [5.74, 6) is -0.0136. The van der Waals surface area contributed by atoms with Gasteiger partial charge in [-0.25, -0.2) is 4.98 Å². The van der Waals surface area contributed by atoms with Gasteiger partial charge in [0.25, 0.3) is 5.56 Å². The topological polar surface area (TPSA) is 108 Å². The zero-order valence-corrected chi connectivity index (χ0v) is 13.6. The van der Waals surface area contributed by atoms with Crippen molar-refractivity contribution in [3.63, 3.8) is 0 Å². The highest BCUT2D eigenvalue weighted by Crippen LogP contribution is 2.38. The van der Waals surface area contributed by atoms with E-state index < -0.39 is 5.92 Å². The molecule has 0 radical (unpaired) electrons. The summed E-state index contributed by atoms with van der Waals surface area (Å²) in [7, 11) is 0. The van der Waals surface area contributed by atoms with Crippen LogP contribution in [0.25, 0.3) is 0 Å². The molecule has 2 heterocycles. The summed E-state index contributed by atoms with van der Waals surface area (Å²) in [4.78, 5) is 19.6. The summed E-state index contributed by atoms with van der Waals surface area (Å²) in [5.41, 5.74) is 7.07. The van der Waals surface area contributed by atoms with E-state index in [9.17, 15) is 10.1 Å². The van der Waals surface area contributed by atoms with E-state index in [0.717, 1.165) is 5.56 Å². The van der Waals surface area contributed by atoms with E-state index in [0.29, 0.717) is 21.6 Å². The maximum atomic E-state index is 12.5. The number of nitrogens with two attached hydrogens (primary N) is 1. The van der Waals surface area contributed by atoms with Gasteiger partial charge >= 0.3 is 0 Å². The molecule has 2 aromatic rings. The fourth-order valence-electron chi connectivity index (χ4n) is 2.53. The Bertz CT molecular complexity index is 898. The highest BCUT2D eigenvalue weighted by Gasteiger charge is 2.32. The molecule has 0 unspecified atom stereocenters. The first-order chi connectivity index (χ1) is 11.0. The van der Waals surface area contributed by atoms with Crippen LogP contribution in [0.3, 0.4) is 0 Å². The largest absolute Gasteiger partial charge is 0.384 e. The Morgan fingerprint density at radius 3 is 2.70 bits per heavy atom. The Morgan fingerprint density at radius 1 is 1.39 bits per heavy atom. The number of benzene rings is 1. The van der Waals surface area contributed by atoms with Gasteiger partial charge in [0.1, 0.15) is 11.6 Å². The fraction of sp³-hybridized carbons (Fsp3) is 0.133. The third-order valence-electron chi connectivity index (χ3n) is 3.57. The van der Waals surface area contributed by atoms with Crippen LogP contribution in [0.4, 0.5) is 5.82 Å². The van der Waals surface area contributed by atoms with Gasteiger partial charge in [-0.05, 0) is 24.0 Å². The number of allylic oxidation sites excluding steroid dienone is 1. The molecule has 8 heteroatoms. The van der Waals surface area contributed by atoms with Crippen LogP contribution in [-0.2, 0) is 0 Å². The van der Waals surface area contributed by atoms with E-state index in [-0.39, 0.29) is 17.0 Å². The molecule has 0 amide bonds. The van der Waals surface area contributed by atoms with Gasteiger partial charge in [-0.2, -0.15) is 5.26 Å². The van der Waals surface area contributed by atoms with E-state index in [2.05, 4.69) is 21.4 Å². The van der Waals surface area contributed by atoms with Crippen molar-refractivity contribution in [2.24, 2.45) is 5.73 Å². The van der Waals surface area contributed by atoms with Crippen LogP contribution in [0.2, 0.25) is 5.02 Å². The summed E-state index contributed by atoms with van der Waals surface area (Å²) in [5, 5.41) is 13.4. The average Bonchev–Trinajstić information content (AvgIpc) is 2.54. The Morgan fingerprint density at radius 2 is 2.09 bits per heavy atom. The average molecular weight is 346 g/mol. The number of nitrogens with one attached hydrogen (secondary N) is 2.